The van der Waals surface area contributed by atoms with Gasteiger partial charge in [0.2, 0.25) is 17.6 Å². The van der Waals surface area contributed by atoms with E-state index < -0.39 is 0 Å². The highest BCUT2D eigenvalue weighted by Gasteiger charge is 2.26. The van der Waals surface area contributed by atoms with E-state index in [4.69, 9.17) is 14.0 Å². The van der Waals surface area contributed by atoms with Gasteiger partial charge in [0.25, 0.3) is 0 Å². The number of rotatable bonds is 4. The third kappa shape index (κ3) is 3.10. The fraction of sp³-hybridized carbons (Fsp3) is 0.538. The lowest BCUT2D eigenvalue weighted by Crippen LogP contribution is -2.39. The Morgan fingerprint density at radius 3 is 3.05 bits per heavy atom. The van der Waals surface area contributed by atoms with Crippen LogP contribution in [0, 0.1) is 6.92 Å². The third-order valence-electron chi connectivity index (χ3n) is 3.11. The van der Waals surface area contributed by atoms with Crippen LogP contribution in [0.3, 0.4) is 0 Å². The average molecular weight is 291 g/mol. The maximum absolute atomic E-state index is 5.70. The van der Waals surface area contributed by atoms with Crippen LogP contribution in [0.4, 0.5) is 5.82 Å². The molecule has 1 atom stereocenters. The zero-order valence-electron chi connectivity index (χ0n) is 12.0. The first-order valence-corrected chi connectivity index (χ1v) is 6.88. The normalized spacial score (nSPS) is 18.8. The maximum atomic E-state index is 5.70. The molecule has 21 heavy (non-hydrogen) atoms. The van der Waals surface area contributed by atoms with Gasteiger partial charge in [-0.05, 0) is 6.92 Å². The van der Waals surface area contributed by atoms with E-state index in [-0.39, 0.29) is 6.10 Å². The number of nitrogens with zero attached hydrogens (tertiary/aromatic N) is 5. The highest BCUT2D eigenvalue weighted by atomic mass is 16.5. The van der Waals surface area contributed by atoms with Gasteiger partial charge < -0.3 is 18.9 Å². The Balaban J connectivity index is 1.75. The SMILES string of the molecule is CCOc1cncc(N2CCOC(c3noc(C)n3)C2)n1. The first-order valence-electron chi connectivity index (χ1n) is 6.88. The summed E-state index contributed by atoms with van der Waals surface area (Å²) in [6.45, 7) is 6.14. The van der Waals surface area contributed by atoms with Crippen molar-refractivity contribution in [1.82, 2.24) is 20.1 Å². The van der Waals surface area contributed by atoms with Crippen LogP contribution >= 0.6 is 0 Å². The Bertz CT molecular complexity index is 603. The highest BCUT2D eigenvalue weighted by molar-refractivity contribution is 5.38. The van der Waals surface area contributed by atoms with Gasteiger partial charge in [-0.15, -0.1) is 0 Å². The molecule has 0 bridgehead atoms. The molecule has 3 heterocycles. The summed E-state index contributed by atoms with van der Waals surface area (Å²) in [5.41, 5.74) is 0. The van der Waals surface area contributed by atoms with Gasteiger partial charge in [0, 0.05) is 13.5 Å². The molecule has 112 valence electrons. The Kier molecular flexibility index (Phi) is 3.96. The monoisotopic (exact) mass is 291 g/mol. The van der Waals surface area contributed by atoms with Crippen molar-refractivity contribution in [1.29, 1.82) is 0 Å². The Morgan fingerprint density at radius 1 is 1.38 bits per heavy atom. The summed E-state index contributed by atoms with van der Waals surface area (Å²) in [6.07, 6.45) is 3.09. The van der Waals surface area contributed by atoms with Crippen molar-refractivity contribution in [2.24, 2.45) is 0 Å². The summed E-state index contributed by atoms with van der Waals surface area (Å²) in [5, 5.41) is 3.92. The van der Waals surface area contributed by atoms with Crippen LogP contribution in [0.5, 0.6) is 5.88 Å². The van der Waals surface area contributed by atoms with Gasteiger partial charge in [0.15, 0.2) is 5.82 Å². The van der Waals surface area contributed by atoms with Crippen molar-refractivity contribution in [3.63, 3.8) is 0 Å². The average Bonchev–Trinajstić information content (AvgIpc) is 2.95. The highest BCUT2D eigenvalue weighted by Crippen LogP contribution is 2.23. The van der Waals surface area contributed by atoms with Crippen molar-refractivity contribution < 1.29 is 14.0 Å². The van der Waals surface area contributed by atoms with Gasteiger partial charge in [0.05, 0.1) is 32.2 Å². The van der Waals surface area contributed by atoms with Crippen LogP contribution in [0.15, 0.2) is 16.9 Å². The van der Waals surface area contributed by atoms with E-state index in [1.54, 1.807) is 19.3 Å². The molecule has 1 aliphatic heterocycles. The first kappa shape index (κ1) is 13.7. The van der Waals surface area contributed by atoms with Crippen LogP contribution in [0.1, 0.15) is 24.7 Å². The summed E-state index contributed by atoms with van der Waals surface area (Å²) in [5.74, 6) is 2.37. The predicted octanol–water partition coefficient (Wildman–Crippen LogP) is 1.14. The van der Waals surface area contributed by atoms with Crippen molar-refractivity contribution >= 4 is 5.82 Å². The lowest BCUT2D eigenvalue weighted by atomic mass is 10.2. The Labute approximate surface area is 122 Å². The molecule has 2 aromatic heterocycles. The zero-order chi connectivity index (χ0) is 14.7. The van der Waals surface area contributed by atoms with E-state index >= 15 is 0 Å². The second-order valence-corrected chi connectivity index (χ2v) is 4.63. The van der Waals surface area contributed by atoms with Crippen LogP contribution in [0.25, 0.3) is 0 Å². The molecular formula is C13H17N5O3. The molecule has 2 aromatic rings. The summed E-state index contributed by atoms with van der Waals surface area (Å²) >= 11 is 0. The van der Waals surface area contributed by atoms with Gasteiger partial charge >= 0.3 is 0 Å². The second kappa shape index (κ2) is 6.04. The van der Waals surface area contributed by atoms with Crippen LogP contribution < -0.4 is 9.64 Å². The van der Waals surface area contributed by atoms with Crippen LogP contribution in [0.2, 0.25) is 0 Å². The quantitative estimate of drug-likeness (QED) is 0.829. The fourth-order valence-electron chi connectivity index (χ4n) is 2.17. The molecule has 0 saturated carbocycles. The topological polar surface area (TPSA) is 86.4 Å². The minimum atomic E-state index is -0.228. The van der Waals surface area contributed by atoms with Gasteiger partial charge in [-0.25, -0.2) is 0 Å². The zero-order valence-corrected chi connectivity index (χ0v) is 12.0. The van der Waals surface area contributed by atoms with Crippen molar-refractivity contribution in [2.75, 3.05) is 31.2 Å². The number of hydrogen-bond acceptors (Lipinski definition) is 8. The fourth-order valence-corrected chi connectivity index (χ4v) is 2.17. The third-order valence-corrected chi connectivity index (χ3v) is 3.11. The molecule has 0 aromatic carbocycles. The lowest BCUT2D eigenvalue weighted by Gasteiger charge is -2.32. The van der Waals surface area contributed by atoms with Crippen molar-refractivity contribution in [3.05, 3.63) is 24.1 Å². The summed E-state index contributed by atoms with van der Waals surface area (Å²) < 4.78 is 16.1. The molecular weight excluding hydrogens is 274 g/mol. The number of morpholine rings is 1. The van der Waals surface area contributed by atoms with E-state index in [2.05, 4.69) is 25.0 Å². The molecule has 0 aliphatic carbocycles. The minimum Gasteiger partial charge on any atom is -0.477 e. The molecule has 0 spiro atoms. The number of hydrogen-bond donors (Lipinski definition) is 0. The smallest absolute Gasteiger partial charge is 0.234 e. The summed E-state index contributed by atoms with van der Waals surface area (Å²) in [7, 11) is 0. The van der Waals surface area contributed by atoms with Crippen molar-refractivity contribution in [3.8, 4) is 5.88 Å². The van der Waals surface area contributed by atoms with E-state index in [0.29, 0.717) is 37.4 Å². The first-order chi connectivity index (χ1) is 10.3. The molecule has 3 rings (SSSR count). The molecule has 8 heteroatoms. The molecule has 0 amide bonds. The number of aromatic nitrogens is 4. The summed E-state index contributed by atoms with van der Waals surface area (Å²) in [4.78, 5) is 14.9. The molecule has 0 N–H and O–H groups in total. The lowest BCUT2D eigenvalue weighted by molar-refractivity contribution is 0.0323. The number of aryl methyl sites for hydroxylation is 1. The second-order valence-electron chi connectivity index (χ2n) is 4.63. The van der Waals surface area contributed by atoms with Crippen LogP contribution in [-0.4, -0.2) is 46.4 Å². The van der Waals surface area contributed by atoms with Gasteiger partial charge in [0.1, 0.15) is 6.10 Å². The minimum absolute atomic E-state index is 0.228. The molecule has 0 radical (unpaired) electrons. The molecule has 1 saturated heterocycles. The van der Waals surface area contributed by atoms with E-state index in [1.165, 1.54) is 0 Å². The largest absolute Gasteiger partial charge is 0.477 e. The number of anilines is 1. The van der Waals surface area contributed by atoms with E-state index in [0.717, 1.165) is 12.4 Å². The molecule has 1 unspecified atom stereocenters. The maximum Gasteiger partial charge on any atom is 0.234 e. The van der Waals surface area contributed by atoms with Crippen LogP contribution in [-0.2, 0) is 4.74 Å². The van der Waals surface area contributed by atoms with Gasteiger partial charge in [-0.3, -0.25) is 4.98 Å². The Hall–Kier alpha value is -2.22. The molecule has 1 fully saturated rings. The molecule has 8 nitrogen and oxygen atoms in total. The standard InChI is InChI=1S/C13H17N5O3/c1-3-19-12-7-14-6-11(16-12)18-4-5-20-10(8-18)13-15-9(2)21-17-13/h6-7,10H,3-5,8H2,1-2H3. The van der Waals surface area contributed by atoms with E-state index in [9.17, 15) is 0 Å². The van der Waals surface area contributed by atoms with Crippen molar-refractivity contribution in [2.45, 2.75) is 20.0 Å². The molecule has 1 aliphatic rings. The number of ether oxygens (including phenoxy) is 2. The summed E-state index contributed by atoms with van der Waals surface area (Å²) in [6, 6.07) is 0. The van der Waals surface area contributed by atoms with Gasteiger partial charge in [-0.2, -0.15) is 9.97 Å². The Morgan fingerprint density at radius 2 is 2.29 bits per heavy atom. The predicted molar refractivity (Wildman–Crippen MR) is 73.1 cm³/mol. The van der Waals surface area contributed by atoms with E-state index in [1.807, 2.05) is 6.92 Å². The van der Waals surface area contributed by atoms with Gasteiger partial charge in [-0.1, -0.05) is 5.16 Å².